The van der Waals surface area contributed by atoms with Crippen molar-refractivity contribution in [2.75, 3.05) is 0 Å². The van der Waals surface area contributed by atoms with E-state index < -0.39 is 0 Å². The number of hydrogen-bond acceptors (Lipinski definition) is 4. The molecule has 0 aliphatic heterocycles. The Kier molecular flexibility index (Phi) is 7.80. The maximum atomic E-state index is 6.58. The molecule has 4 heterocycles. The molecule has 0 atom stereocenters. The van der Waals surface area contributed by atoms with Gasteiger partial charge < -0.3 is 8.98 Å². The fourth-order valence-corrected chi connectivity index (χ4v) is 9.60. The lowest BCUT2D eigenvalue weighted by atomic mass is 9.94. The average molecular weight is 806 g/mol. The van der Waals surface area contributed by atoms with E-state index in [1.807, 2.05) is 42.5 Å². The second kappa shape index (κ2) is 14.0. The number of furan rings is 1. The molecule has 6 heteroatoms. The molecule has 0 bridgehead atoms. The largest absolute Gasteiger partial charge is 0.455 e. The van der Waals surface area contributed by atoms with Gasteiger partial charge in [0.15, 0.2) is 11.6 Å². The van der Waals surface area contributed by atoms with Gasteiger partial charge >= 0.3 is 0 Å². The van der Waals surface area contributed by atoms with Crippen molar-refractivity contribution in [3.63, 3.8) is 0 Å². The van der Waals surface area contributed by atoms with Gasteiger partial charge in [-0.2, -0.15) is 9.97 Å². The monoisotopic (exact) mass is 805 g/mol. The minimum Gasteiger partial charge on any atom is -0.455 e. The molecule has 4 aromatic heterocycles. The van der Waals surface area contributed by atoms with E-state index in [4.69, 9.17) is 19.4 Å². The molecule has 0 amide bonds. The molecule has 0 saturated heterocycles. The number of aromatic nitrogens is 5. The summed E-state index contributed by atoms with van der Waals surface area (Å²) in [4.78, 5) is 16.0. The van der Waals surface area contributed by atoms with Crippen LogP contribution in [0.1, 0.15) is 0 Å². The predicted molar refractivity (Wildman–Crippen MR) is 258 cm³/mol. The van der Waals surface area contributed by atoms with E-state index >= 15 is 0 Å². The molecule has 6 nitrogen and oxygen atoms in total. The molecule has 0 aliphatic carbocycles. The van der Waals surface area contributed by atoms with Gasteiger partial charge in [0.05, 0.1) is 27.6 Å². The van der Waals surface area contributed by atoms with Crippen LogP contribution in [0.4, 0.5) is 0 Å². The molecule has 0 radical (unpaired) electrons. The van der Waals surface area contributed by atoms with Crippen molar-refractivity contribution >= 4 is 65.6 Å². The second-order valence-corrected chi connectivity index (χ2v) is 16.0. The van der Waals surface area contributed by atoms with Gasteiger partial charge in [0, 0.05) is 43.6 Å². The third-order valence-corrected chi connectivity index (χ3v) is 12.4. The summed E-state index contributed by atoms with van der Waals surface area (Å²) in [5, 5.41) is 6.59. The van der Waals surface area contributed by atoms with Crippen LogP contribution in [-0.2, 0) is 0 Å². The fourth-order valence-electron chi connectivity index (χ4n) is 9.60. The Morgan fingerprint density at radius 2 is 0.873 bits per heavy atom. The first-order valence-corrected chi connectivity index (χ1v) is 21.2. The summed E-state index contributed by atoms with van der Waals surface area (Å²) in [6.07, 6.45) is 0. The number of hydrogen-bond donors (Lipinski definition) is 0. The highest BCUT2D eigenvalue weighted by molar-refractivity contribution is 6.24. The average Bonchev–Trinajstić information content (AvgIpc) is 4.03. The van der Waals surface area contributed by atoms with Gasteiger partial charge in [0.1, 0.15) is 11.2 Å². The van der Waals surface area contributed by atoms with Crippen molar-refractivity contribution in [1.29, 1.82) is 0 Å². The van der Waals surface area contributed by atoms with E-state index in [1.54, 1.807) is 0 Å². The minimum absolute atomic E-state index is 0.520. The number of fused-ring (bicyclic) bond motifs is 10. The van der Waals surface area contributed by atoms with Gasteiger partial charge in [-0.25, -0.2) is 4.98 Å². The number of rotatable bonds is 6. The highest BCUT2D eigenvalue weighted by atomic mass is 16.3. The Hall–Kier alpha value is -8.61. The van der Waals surface area contributed by atoms with Crippen LogP contribution in [0.2, 0.25) is 0 Å². The summed E-state index contributed by atoms with van der Waals surface area (Å²) in [6, 6.07) is 74.5. The van der Waals surface area contributed by atoms with Gasteiger partial charge in [-0.05, 0) is 58.7 Å². The summed E-state index contributed by atoms with van der Waals surface area (Å²) in [5.74, 6) is 1.63. The van der Waals surface area contributed by atoms with E-state index in [2.05, 4.69) is 179 Å². The number of benzene rings is 9. The predicted octanol–water partition coefficient (Wildman–Crippen LogP) is 14.6. The lowest BCUT2D eigenvalue weighted by molar-refractivity contribution is 0.669. The summed E-state index contributed by atoms with van der Waals surface area (Å²) >= 11 is 0. The molecule has 9 aromatic carbocycles. The zero-order valence-electron chi connectivity index (χ0n) is 33.9. The van der Waals surface area contributed by atoms with Crippen LogP contribution in [0, 0.1) is 0 Å². The van der Waals surface area contributed by atoms with Gasteiger partial charge in [0.25, 0.3) is 0 Å². The molecule has 0 aliphatic rings. The SMILES string of the molecule is c1ccc(-c2nc(-c3cccc4c3oc3ccccc34)nc(-n3c4ccccc4c4ccc5c6ccccc6n(-c6ccc(-c7ccccc7)c(-c7ccccc7)c6)c5c43)n2)cc1. The molecule has 0 unspecified atom stereocenters. The number of nitrogens with zero attached hydrogens (tertiary/aromatic N) is 5. The van der Waals surface area contributed by atoms with E-state index in [-0.39, 0.29) is 0 Å². The Morgan fingerprint density at radius 1 is 0.333 bits per heavy atom. The van der Waals surface area contributed by atoms with Crippen molar-refractivity contribution in [3.8, 4) is 56.7 Å². The standard InChI is InChI=1S/C57H35N5O/c1-4-17-36(18-5-1)40-32-31-39(35-48(40)37-19-6-2-7-20-37)61-49-28-13-10-23-41(49)44-33-34-45-42-24-11-14-29-50(42)62(53(45)52(44)61)57-59-55(38-21-8-3-9-22-38)58-56(60-57)47-27-16-26-46-43-25-12-15-30-51(43)63-54(46)47/h1-35H. The van der Waals surface area contributed by atoms with Crippen molar-refractivity contribution < 1.29 is 4.42 Å². The maximum absolute atomic E-state index is 6.58. The topological polar surface area (TPSA) is 61.7 Å². The van der Waals surface area contributed by atoms with Gasteiger partial charge in [0.2, 0.25) is 5.95 Å². The van der Waals surface area contributed by atoms with Crippen molar-refractivity contribution in [2.45, 2.75) is 0 Å². The van der Waals surface area contributed by atoms with Gasteiger partial charge in [-0.1, -0.05) is 176 Å². The van der Waals surface area contributed by atoms with Crippen LogP contribution < -0.4 is 0 Å². The highest BCUT2D eigenvalue weighted by Gasteiger charge is 2.25. The summed E-state index contributed by atoms with van der Waals surface area (Å²) < 4.78 is 11.3. The smallest absolute Gasteiger partial charge is 0.238 e. The third kappa shape index (κ3) is 5.48. The van der Waals surface area contributed by atoms with Gasteiger partial charge in [-0.3, -0.25) is 4.57 Å². The number of para-hydroxylation sites is 4. The van der Waals surface area contributed by atoms with E-state index in [1.165, 1.54) is 11.1 Å². The summed E-state index contributed by atoms with van der Waals surface area (Å²) in [5.41, 5.74) is 13.2. The first-order chi connectivity index (χ1) is 31.3. The molecule has 0 spiro atoms. The maximum Gasteiger partial charge on any atom is 0.238 e. The van der Waals surface area contributed by atoms with Crippen LogP contribution in [0.15, 0.2) is 217 Å². The van der Waals surface area contributed by atoms with Crippen LogP contribution in [0.3, 0.4) is 0 Å². The van der Waals surface area contributed by atoms with Crippen molar-refractivity contribution in [3.05, 3.63) is 212 Å². The zero-order valence-corrected chi connectivity index (χ0v) is 33.9. The molecule has 0 N–H and O–H groups in total. The summed E-state index contributed by atoms with van der Waals surface area (Å²) in [7, 11) is 0. The second-order valence-electron chi connectivity index (χ2n) is 16.0. The Labute approximate surface area is 361 Å². The highest BCUT2D eigenvalue weighted by Crippen LogP contribution is 2.43. The molecular weight excluding hydrogens is 771 g/mol. The molecule has 13 aromatic rings. The fraction of sp³-hybridized carbons (Fsp3) is 0. The normalized spacial score (nSPS) is 11.8. The lowest BCUT2D eigenvalue weighted by Crippen LogP contribution is -2.07. The van der Waals surface area contributed by atoms with E-state index in [0.29, 0.717) is 17.6 Å². The van der Waals surface area contributed by atoms with Crippen LogP contribution in [0.25, 0.3) is 122 Å². The molecule has 294 valence electrons. The first-order valence-electron chi connectivity index (χ1n) is 21.2. The zero-order chi connectivity index (χ0) is 41.4. The Balaban J connectivity index is 1.15. The molecular formula is C57H35N5O. The first kappa shape index (κ1) is 35.2. The molecule has 63 heavy (non-hydrogen) atoms. The van der Waals surface area contributed by atoms with E-state index in [0.717, 1.165) is 93.5 Å². The van der Waals surface area contributed by atoms with E-state index in [9.17, 15) is 0 Å². The van der Waals surface area contributed by atoms with Crippen LogP contribution >= 0.6 is 0 Å². The van der Waals surface area contributed by atoms with Crippen molar-refractivity contribution in [1.82, 2.24) is 24.1 Å². The van der Waals surface area contributed by atoms with Crippen molar-refractivity contribution in [2.24, 2.45) is 0 Å². The Morgan fingerprint density at radius 3 is 1.57 bits per heavy atom. The van der Waals surface area contributed by atoms with Gasteiger partial charge in [-0.15, -0.1) is 0 Å². The third-order valence-electron chi connectivity index (χ3n) is 12.4. The van der Waals surface area contributed by atoms with Crippen LogP contribution in [-0.4, -0.2) is 24.1 Å². The molecule has 13 rings (SSSR count). The Bertz CT molecular complexity index is 3900. The molecule has 0 saturated carbocycles. The van der Waals surface area contributed by atoms with Crippen LogP contribution in [0.5, 0.6) is 0 Å². The molecule has 0 fully saturated rings. The minimum atomic E-state index is 0.520. The summed E-state index contributed by atoms with van der Waals surface area (Å²) in [6.45, 7) is 0. The quantitative estimate of drug-likeness (QED) is 0.168. The lowest BCUT2D eigenvalue weighted by Gasteiger charge is -2.16.